The average molecular weight is 279 g/mol. The van der Waals surface area contributed by atoms with E-state index in [1.165, 1.54) is 5.56 Å². The van der Waals surface area contributed by atoms with E-state index in [1.807, 2.05) is 68.4 Å². The Morgan fingerprint density at radius 1 is 1.00 bits per heavy atom. The van der Waals surface area contributed by atoms with Crippen LogP contribution < -0.4 is 4.74 Å². The summed E-state index contributed by atoms with van der Waals surface area (Å²) in [7, 11) is 0. The van der Waals surface area contributed by atoms with Gasteiger partial charge in [-0.25, -0.2) is 4.98 Å². The third kappa shape index (κ3) is 3.14. The van der Waals surface area contributed by atoms with Gasteiger partial charge in [0, 0.05) is 5.56 Å². The first-order chi connectivity index (χ1) is 10.2. The average Bonchev–Trinajstić information content (AvgIpc) is 2.87. The van der Waals surface area contributed by atoms with E-state index in [-0.39, 0.29) is 0 Å². The summed E-state index contributed by atoms with van der Waals surface area (Å²) in [6, 6.07) is 17.9. The highest BCUT2D eigenvalue weighted by molar-refractivity contribution is 5.53. The van der Waals surface area contributed by atoms with Gasteiger partial charge in [-0.2, -0.15) is 0 Å². The highest BCUT2D eigenvalue weighted by atomic mass is 16.5. The van der Waals surface area contributed by atoms with Crippen molar-refractivity contribution in [3.8, 4) is 17.2 Å². The molecule has 3 aromatic rings. The molecule has 0 atom stereocenters. The topological polar surface area (TPSA) is 35.3 Å². The second kappa shape index (κ2) is 5.83. The highest BCUT2D eigenvalue weighted by Crippen LogP contribution is 2.22. The first-order valence-electron chi connectivity index (χ1n) is 6.93. The fourth-order valence-corrected chi connectivity index (χ4v) is 2.12. The molecular formula is C18H17NO2. The number of nitrogens with zero attached hydrogens (tertiary/aromatic N) is 1. The van der Waals surface area contributed by atoms with E-state index >= 15 is 0 Å². The molecule has 0 radical (unpaired) electrons. The molecule has 1 heterocycles. The number of hydrogen-bond donors (Lipinski definition) is 0. The van der Waals surface area contributed by atoms with E-state index in [0.717, 1.165) is 22.8 Å². The van der Waals surface area contributed by atoms with Gasteiger partial charge >= 0.3 is 0 Å². The number of aromatic nitrogens is 1. The quantitative estimate of drug-likeness (QED) is 0.703. The van der Waals surface area contributed by atoms with Gasteiger partial charge in [0.2, 0.25) is 5.89 Å². The second-order valence-corrected chi connectivity index (χ2v) is 4.99. The van der Waals surface area contributed by atoms with Crippen molar-refractivity contribution in [2.75, 3.05) is 0 Å². The van der Waals surface area contributed by atoms with Crippen LogP contribution in [0.4, 0.5) is 0 Å². The lowest BCUT2D eigenvalue weighted by Crippen LogP contribution is -1.97. The van der Waals surface area contributed by atoms with Crippen molar-refractivity contribution in [3.05, 3.63) is 71.6 Å². The smallest absolute Gasteiger partial charge is 0.226 e. The Morgan fingerprint density at radius 3 is 2.57 bits per heavy atom. The second-order valence-electron chi connectivity index (χ2n) is 4.99. The molecule has 21 heavy (non-hydrogen) atoms. The maximum atomic E-state index is 5.78. The van der Waals surface area contributed by atoms with Gasteiger partial charge in [0.05, 0.1) is 0 Å². The van der Waals surface area contributed by atoms with Crippen molar-refractivity contribution < 1.29 is 9.15 Å². The number of oxazole rings is 1. The molecule has 0 bridgehead atoms. The predicted molar refractivity (Wildman–Crippen MR) is 82.2 cm³/mol. The largest absolute Gasteiger partial charge is 0.487 e. The number of hydrogen-bond acceptors (Lipinski definition) is 3. The zero-order valence-corrected chi connectivity index (χ0v) is 12.2. The lowest BCUT2D eigenvalue weighted by molar-refractivity contribution is 0.299. The summed E-state index contributed by atoms with van der Waals surface area (Å²) in [5, 5.41) is 0. The summed E-state index contributed by atoms with van der Waals surface area (Å²) in [6.07, 6.45) is 0. The van der Waals surface area contributed by atoms with Crippen molar-refractivity contribution in [3.63, 3.8) is 0 Å². The normalized spacial score (nSPS) is 10.6. The van der Waals surface area contributed by atoms with Gasteiger partial charge in [0.15, 0.2) is 0 Å². The zero-order valence-electron chi connectivity index (χ0n) is 12.2. The van der Waals surface area contributed by atoms with Crippen molar-refractivity contribution in [1.29, 1.82) is 0 Å². The third-order valence-electron chi connectivity index (χ3n) is 3.28. The SMILES string of the molecule is Cc1cccc(OCc2nc(-c3ccccc3)oc2C)c1. The van der Waals surface area contributed by atoms with Gasteiger partial charge in [-0.3, -0.25) is 0 Å². The zero-order chi connectivity index (χ0) is 14.7. The molecule has 1 aromatic heterocycles. The van der Waals surface area contributed by atoms with E-state index in [9.17, 15) is 0 Å². The molecule has 3 heteroatoms. The summed E-state index contributed by atoms with van der Waals surface area (Å²) in [5.41, 5.74) is 2.98. The van der Waals surface area contributed by atoms with Crippen LogP contribution in [0.3, 0.4) is 0 Å². The monoisotopic (exact) mass is 279 g/mol. The van der Waals surface area contributed by atoms with Crippen LogP contribution in [0.5, 0.6) is 5.75 Å². The molecule has 106 valence electrons. The minimum absolute atomic E-state index is 0.408. The first-order valence-corrected chi connectivity index (χ1v) is 6.93. The standard InChI is InChI=1S/C18H17NO2/c1-13-7-6-10-16(11-13)20-12-17-14(2)21-18(19-17)15-8-4-3-5-9-15/h3-11H,12H2,1-2H3. The Morgan fingerprint density at radius 2 is 1.81 bits per heavy atom. The van der Waals surface area contributed by atoms with E-state index in [2.05, 4.69) is 4.98 Å². The Balaban J connectivity index is 1.76. The molecule has 0 spiro atoms. The van der Waals surface area contributed by atoms with Crippen LogP contribution in [0, 0.1) is 13.8 Å². The maximum absolute atomic E-state index is 5.78. The van der Waals surface area contributed by atoms with Gasteiger partial charge < -0.3 is 9.15 Å². The minimum atomic E-state index is 0.408. The van der Waals surface area contributed by atoms with Crippen LogP contribution in [0.1, 0.15) is 17.0 Å². The van der Waals surface area contributed by atoms with E-state index in [4.69, 9.17) is 9.15 Å². The molecule has 0 aliphatic heterocycles. The molecule has 2 aromatic carbocycles. The Labute approximate surface area is 124 Å². The van der Waals surface area contributed by atoms with Gasteiger partial charge in [0.1, 0.15) is 23.8 Å². The molecule has 3 nitrogen and oxygen atoms in total. The highest BCUT2D eigenvalue weighted by Gasteiger charge is 2.11. The molecule has 0 aliphatic carbocycles. The molecule has 0 N–H and O–H groups in total. The van der Waals surface area contributed by atoms with Crippen LogP contribution in [0.15, 0.2) is 59.0 Å². The van der Waals surface area contributed by atoms with Crippen molar-refractivity contribution in [2.24, 2.45) is 0 Å². The van der Waals surface area contributed by atoms with Crippen LogP contribution in [-0.2, 0) is 6.61 Å². The third-order valence-corrected chi connectivity index (χ3v) is 3.28. The molecule has 0 unspecified atom stereocenters. The summed E-state index contributed by atoms with van der Waals surface area (Å²) < 4.78 is 11.5. The molecule has 0 amide bonds. The van der Waals surface area contributed by atoms with E-state index in [1.54, 1.807) is 0 Å². The van der Waals surface area contributed by atoms with Crippen molar-refractivity contribution in [1.82, 2.24) is 4.98 Å². The van der Waals surface area contributed by atoms with Gasteiger partial charge in [-0.1, -0.05) is 30.3 Å². The maximum Gasteiger partial charge on any atom is 0.226 e. The van der Waals surface area contributed by atoms with E-state index < -0.39 is 0 Å². The Hall–Kier alpha value is -2.55. The van der Waals surface area contributed by atoms with Crippen LogP contribution >= 0.6 is 0 Å². The molecule has 0 saturated carbocycles. The fraction of sp³-hybridized carbons (Fsp3) is 0.167. The molecule has 3 rings (SSSR count). The van der Waals surface area contributed by atoms with Crippen molar-refractivity contribution >= 4 is 0 Å². The summed E-state index contributed by atoms with van der Waals surface area (Å²) >= 11 is 0. The molecule has 0 saturated heterocycles. The number of rotatable bonds is 4. The number of aryl methyl sites for hydroxylation is 2. The molecule has 0 aliphatic rings. The minimum Gasteiger partial charge on any atom is -0.487 e. The Bertz CT molecular complexity index is 732. The molecule has 0 fully saturated rings. The summed E-state index contributed by atoms with van der Waals surface area (Å²) in [5.74, 6) is 2.27. The first kappa shape index (κ1) is 13.4. The summed E-state index contributed by atoms with van der Waals surface area (Å²) in [4.78, 5) is 4.53. The van der Waals surface area contributed by atoms with Crippen LogP contribution in [0.25, 0.3) is 11.5 Å². The number of benzene rings is 2. The van der Waals surface area contributed by atoms with Crippen molar-refractivity contribution in [2.45, 2.75) is 20.5 Å². The van der Waals surface area contributed by atoms with Gasteiger partial charge in [-0.05, 0) is 43.7 Å². The lowest BCUT2D eigenvalue weighted by atomic mass is 10.2. The van der Waals surface area contributed by atoms with Gasteiger partial charge in [-0.15, -0.1) is 0 Å². The number of ether oxygens (including phenoxy) is 1. The predicted octanol–water partition coefficient (Wildman–Crippen LogP) is 4.54. The van der Waals surface area contributed by atoms with Crippen LogP contribution in [0.2, 0.25) is 0 Å². The lowest BCUT2D eigenvalue weighted by Gasteiger charge is -2.04. The van der Waals surface area contributed by atoms with E-state index in [0.29, 0.717) is 12.5 Å². The van der Waals surface area contributed by atoms with Gasteiger partial charge in [0.25, 0.3) is 0 Å². The van der Waals surface area contributed by atoms with Crippen LogP contribution in [-0.4, -0.2) is 4.98 Å². The fourth-order valence-electron chi connectivity index (χ4n) is 2.12. The Kier molecular flexibility index (Phi) is 3.73. The molecular weight excluding hydrogens is 262 g/mol. The summed E-state index contributed by atoms with van der Waals surface area (Å²) in [6.45, 7) is 4.36.